The molecule has 2 aromatic rings. The number of nitrogens with one attached hydrogen (secondary N) is 1. The van der Waals surface area contributed by atoms with Crippen LogP contribution in [-0.2, 0) is 6.42 Å². The maximum absolute atomic E-state index is 12.4. The summed E-state index contributed by atoms with van der Waals surface area (Å²) in [5.74, 6) is 0.844. The Kier molecular flexibility index (Phi) is 6.65. The summed E-state index contributed by atoms with van der Waals surface area (Å²) in [6, 6.07) is 7.57. The van der Waals surface area contributed by atoms with E-state index in [-0.39, 0.29) is 5.75 Å². The van der Waals surface area contributed by atoms with Crippen LogP contribution < -0.4 is 15.0 Å². The third-order valence-corrected chi connectivity index (χ3v) is 3.68. The van der Waals surface area contributed by atoms with Gasteiger partial charge in [0.15, 0.2) is 0 Å². The summed E-state index contributed by atoms with van der Waals surface area (Å²) >= 11 is 0. The van der Waals surface area contributed by atoms with E-state index in [9.17, 15) is 13.2 Å². The third-order valence-electron chi connectivity index (χ3n) is 3.68. The van der Waals surface area contributed by atoms with Gasteiger partial charge in [0.05, 0.1) is 0 Å². The molecule has 0 saturated heterocycles. The highest BCUT2D eigenvalue weighted by atomic mass is 19.4. The van der Waals surface area contributed by atoms with E-state index in [1.807, 2.05) is 19.9 Å². The smallest absolute Gasteiger partial charge is 0.406 e. The van der Waals surface area contributed by atoms with Crippen molar-refractivity contribution >= 4 is 17.5 Å². The molecule has 0 aliphatic rings. The first-order chi connectivity index (χ1) is 12.3. The van der Waals surface area contributed by atoms with E-state index < -0.39 is 6.36 Å². The number of benzene rings is 1. The standard InChI is InChI=1S/C18H23F3N4O/c1-4-8-13-12-16(25(5-2)6-3)24-17(22-13)23-14-9-7-10-15(11-14)26-18(19,20)21/h7,9-12H,4-6,8H2,1-3H3,(H,22,23,24). The van der Waals surface area contributed by atoms with Crippen molar-refractivity contribution in [3.8, 4) is 5.75 Å². The molecule has 0 fully saturated rings. The van der Waals surface area contributed by atoms with Crippen LogP contribution in [0.3, 0.4) is 0 Å². The first-order valence-electron chi connectivity index (χ1n) is 8.60. The molecule has 0 aliphatic heterocycles. The fourth-order valence-corrected chi connectivity index (χ4v) is 2.53. The van der Waals surface area contributed by atoms with E-state index in [4.69, 9.17) is 0 Å². The Morgan fingerprint density at radius 2 is 1.81 bits per heavy atom. The summed E-state index contributed by atoms with van der Waals surface area (Å²) in [6.07, 6.45) is -3.00. The second kappa shape index (κ2) is 8.73. The molecule has 0 radical (unpaired) electrons. The Labute approximate surface area is 151 Å². The molecule has 0 saturated carbocycles. The van der Waals surface area contributed by atoms with E-state index in [1.54, 1.807) is 6.07 Å². The average molecular weight is 368 g/mol. The highest BCUT2D eigenvalue weighted by molar-refractivity contribution is 5.57. The Hall–Kier alpha value is -2.51. The number of anilines is 3. The lowest BCUT2D eigenvalue weighted by atomic mass is 10.2. The number of ether oxygens (including phenoxy) is 1. The summed E-state index contributed by atoms with van der Waals surface area (Å²) in [6.45, 7) is 7.73. The van der Waals surface area contributed by atoms with Gasteiger partial charge in [-0.3, -0.25) is 0 Å². The van der Waals surface area contributed by atoms with Crippen molar-refractivity contribution in [3.05, 3.63) is 36.0 Å². The van der Waals surface area contributed by atoms with Gasteiger partial charge in [0.2, 0.25) is 5.95 Å². The Morgan fingerprint density at radius 3 is 2.42 bits per heavy atom. The van der Waals surface area contributed by atoms with Gasteiger partial charge in [-0.1, -0.05) is 19.4 Å². The number of aromatic nitrogens is 2. The summed E-state index contributed by atoms with van der Waals surface area (Å²) < 4.78 is 41.1. The highest BCUT2D eigenvalue weighted by Crippen LogP contribution is 2.26. The maximum atomic E-state index is 12.4. The molecule has 1 aromatic heterocycles. The van der Waals surface area contributed by atoms with Gasteiger partial charge in [-0.2, -0.15) is 4.98 Å². The number of hydrogen-bond donors (Lipinski definition) is 1. The molecule has 5 nitrogen and oxygen atoms in total. The first-order valence-corrected chi connectivity index (χ1v) is 8.60. The van der Waals surface area contributed by atoms with Gasteiger partial charge in [0.25, 0.3) is 0 Å². The van der Waals surface area contributed by atoms with Crippen LogP contribution in [0.1, 0.15) is 32.9 Å². The summed E-state index contributed by atoms with van der Waals surface area (Å²) in [7, 11) is 0. The zero-order valence-corrected chi connectivity index (χ0v) is 15.1. The lowest BCUT2D eigenvalue weighted by Gasteiger charge is -2.21. The zero-order valence-electron chi connectivity index (χ0n) is 15.1. The lowest BCUT2D eigenvalue weighted by molar-refractivity contribution is -0.274. The second-order valence-corrected chi connectivity index (χ2v) is 5.66. The topological polar surface area (TPSA) is 50.3 Å². The first kappa shape index (κ1) is 19.8. The molecule has 0 bridgehead atoms. The molecular formula is C18H23F3N4O. The van der Waals surface area contributed by atoms with Crippen molar-refractivity contribution in [2.75, 3.05) is 23.3 Å². The van der Waals surface area contributed by atoms with Crippen LogP contribution in [-0.4, -0.2) is 29.4 Å². The quantitative estimate of drug-likeness (QED) is 0.717. The average Bonchev–Trinajstić information content (AvgIpc) is 2.55. The Morgan fingerprint density at radius 1 is 1.08 bits per heavy atom. The molecule has 26 heavy (non-hydrogen) atoms. The van der Waals surface area contributed by atoms with E-state index in [0.717, 1.165) is 37.4 Å². The number of halogens is 3. The number of rotatable bonds is 8. The number of nitrogens with zero attached hydrogens (tertiary/aromatic N) is 3. The fourth-order valence-electron chi connectivity index (χ4n) is 2.53. The molecule has 0 unspecified atom stereocenters. The predicted octanol–water partition coefficient (Wildman–Crippen LogP) is 4.92. The van der Waals surface area contributed by atoms with Crippen molar-refractivity contribution in [2.24, 2.45) is 0 Å². The minimum absolute atomic E-state index is 0.295. The Balaban J connectivity index is 2.29. The number of aryl methyl sites for hydroxylation is 1. The highest BCUT2D eigenvalue weighted by Gasteiger charge is 2.31. The van der Waals surface area contributed by atoms with Gasteiger partial charge in [-0.25, -0.2) is 4.98 Å². The minimum atomic E-state index is -4.73. The SMILES string of the molecule is CCCc1cc(N(CC)CC)nc(Nc2cccc(OC(F)(F)F)c2)n1. The molecule has 0 aliphatic carbocycles. The van der Waals surface area contributed by atoms with Gasteiger partial charge in [0, 0.05) is 36.6 Å². The molecule has 0 spiro atoms. The molecule has 1 aromatic carbocycles. The van der Waals surface area contributed by atoms with Gasteiger partial charge in [-0.05, 0) is 32.4 Å². The van der Waals surface area contributed by atoms with Crippen LogP contribution in [0.4, 0.5) is 30.6 Å². The number of alkyl halides is 3. The van der Waals surface area contributed by atoms with E-state index in [0.29, 0.717) is 11.6 Å². The van der Waals surface area contributed by atoms with Gasteiger partial charge in [0.1, 0.15) is 11.6 Å². The molecule has 8 heteroatoms. The van der Waals surface area contributed by atoms with E-state index in [2.05, 4.69) is 31.8 Å². The van der Waals surface area contributed by atoms with Crippen LogP contribution >= 0.6 is 0 Å². The van der Waals surface area contributed by atoms with Crippen molar-refractivity contribution in [1.29, 1.82) is 0 Å². The molecule has 1 N–H and O–H groups in total. The monoisotopic (exact) mass is 368 g/mol. The van der Waals surface area contributed by atoms with Crippen LogP contribution in [0, 0.1) is 0 Å². The van der Waals surface area contributed by atoms with Crippen LogP contribution in [0.2, 0.25) is 0 Å². The molecular weight excluding hydrogens is 345 g/mol. The third kappa shape index (κ3) is 5.79. The van der Waals surface area contributed by atoms with Crippen LogP contribution in [0.5, 0.6) is 5.75 Å². The summed E-state index contributed by atoms with van der Waals surface area (Å²) in [5.41, 5.74) is 1.31. The maximum Gasteiger partial charge on any atom is 0.573 e. The van der Waals surface area contributed by atoms with E-state index >= 15 is 0 Å². The van der Waals surface area contributed by atoms with Gasteiger partial charge < -0.3 is 15.0 Å². The van der Waals surface area contributed by atoms with Crippen molar-refractivity contribution in [1.82, 2.24) is 9.97 Å². The van der Waals surface area contributed by atoms with Gasteiger partial charge >= 0.3 is 6.36 Å². The summed E-state index contributed by atoms with van der Waals surface area (Å²) in [5, 5.41) is 2.98. The Bertz CT molecular complexity index is 718. The van der Waals surface area contributed by atoms with Crippen LogP contribution in [0.25, 0.3) is 0 Å². The minimum Gasteiger partial charge on any atom is -0.406 e. The van der Waals surface area contributed by atoms with Crippen molar-refractivity contribution < 1.29 is 17.9 Å². The summed E-state index contributed by atoms with van der Waals surface area (Å²) in [4.78, 5) is 11.1. The second-order valence-electron chi connectivity index (χ2n) is 5.66. The van der Waals surface area contributed by atoms with E-state index in [1.165, 1.54) is 18.2 Å². The van der Waals surface area contributed by atoms with Crippen molar-refractivity contribution in [3.63, 3.8) is 0 Å². The largest absolute Gasteiger partial charge is 0.573 e. The lowest BCUT2D eigenvalue weighted by Crippen LogP contribution is -2.23. The molecule has 1 heterocycles. The fraction of sp³-hybridized carbons (Fsp3) is 0.444. The normalized spacial score (nSPS) is 11.3. The predicted molar refractivity (Wildman–Crippen MR) is 96.0 cm³/mol. The molecule has 142 valence electrons. The zero-order chi connectivity index (χ0) is 19.2. The number of hydrogen-bond acceptors (Lipinski definition) is 5. The van der Waals surface area contributed by atoms with Crippen LogP contribution in [0.15, 0.2) is 30.3 Å². The molecule has 2 rings (SSSR count). The van der Waals surface area contributed by atoms with Crippen molar-refractivity contribution in [2.45, 2.75) is 40.0 Å². The molecule has 0 amide bonds. The van der Waals surface area contributed by atoms with Gasteiger partial charge in [-0.15, -0.1) is 13.2 Å². The molecule has 0 atom stereocenters.